The van der Waals surface area contributed by atoms with Crippen LogP contribution in [-0.2, 0) is 11.3 Å². The number of aryl methyl sites for hydroxylation is 1. The number of benzene rings is 1. The molecule has 1 aromatic carbocycles. The number of ether oxygens (including phenoxy) is 1. The summed E-state index contributed by atoms with van der Waals surface area (Å²) in [5.41, 5.74) is 1.59. The summed E-state index contributed by atoms with van der Waals surface area (Å²) in [7, 11) is 1.69. The molecule has 0 bridgehead atoms. The first-order valence-electron chi connectivity index (χ1n) is 14.7. The third-order valence-electron chi connectivity index (χ3n) is 7.82. The highest BCUT2D eigenvalue weighted by Gasteiger charge is 2.32. The van der Waals surface area contributed by atoms with Crippen molar-refractivity contribution in [3.05, 3.63) is 59.7 Å². The standard InChI is InChI=1S/C31H38F4N8O/c1-19(2)43-20(3)38-29-23(32)12-22(13-25(29)43)28-24(33)15-37-30(40-28)39-27-7-6-21(14-36-27)16-42-10-11-44-31(4,18-42)8-9-41(5)17-26(34)35/h6-7,12-15,19,26H,8-11,16-18H2,1-5H3,(H,36,37,39,40)/t31-/m1/s1. The third kappa shape index (κ3) is 7.33. The Hall–Kier alpha value is -3.68. The summed E-state index contributed by atoms with van der Waals surface area (Å²) in [5, 5.41) is 3.01. The predicted molar refractivity (Wildman–Crippen MR) is 161 cm³/mol. The van der Waals surface area contributed by atoms with Gasteiger partial charge in [0.2, 0.25) is 5.95 Å². The second-order valence-corrected chi connectivity index (χ2v) is 11.9. The molecular weight excluding hydrogens is 576 g/mol. The first-order chi connectivity index (χ1) is 20.9. The van der Waals surface area contributed by atoms with Crippen LogP contribution in [0.25, 0.3) is 22.3 Å². The number of aromatic nitrogens is 5. The van der Waals surface area contributed by atoms with Crippen molar-refractivity contribution in [3.8, 4) is 11.3 Å². The molecule has 9 nitrogen and oxygen atoms in total. The summed E-state index contributed by atoms with van der Waals surface area (Å²) in [4.78, 5) is 21.1. The van der Waals surface area contributed by atoms with Crippen LogP contribution in [0.15, 0.2) is 36.7 Å². The molecule has 1 atom stereocenters. The van der Waals surface area contributed by atoms with Gasteiger partial charge in [0, 0.05) is 44.0 Å². The zero-order valence-electron chi connectivity index (χ0n) is 25.6. The average molecular weight is 615 g/mol. The Kier molecular flexibility index (Phi) is 9.47. The molecule has 1 aliphatic heterocycles. The van der Waals surface area contributed by atoms with E-state index in [0.717, 1.165) is 18.3 Å². The van der Waals surface area contributed by atoms with Crippen molar-refractivity contribution in [1.82, 2.24) is 34.3 Å². The van der Waals surface area contributed by atoms with Crippen LogP contribution in [0.2, 0.25) is 0 Å². The Morgan fingerprint density at radius 3 is 2.59 bits per heavy atom. The van der Waals surface area contributed by atoms with Crippen molar-refractivity contribution >= 4 is 22.8 Å². The molecule has 3 aromatic heterocycles. The van der Waals surface area contributed by atoms with Gasteiger partial charge in [0.25, 0.3) is 6.43 Å². The van der Waals surface area contributed by atoms with Crippen LogP contribution in [0.5, 0.6) is 0 Å². The quantitative estimate of drug-likeness (QED) is 0.207. The van der Waals surface area contributed by atoms with Gasteiger partial charge in [-0.2, -0.15) is 0 Å². The fourth-order valence-electron chi connectivity index (χ4n) is 5.71. The van der Waals surface area contributed by atoms with Gasteiger partial charge in [0.15, 0.2) is 11.6 Å². The largest absolute Gasteiger partial charge is 0.373 e. The molecule has 1 fully saturated rings. The van der Waals surface area contributed by atoms with Gasteiger partial charge in [0.1, 0.15) is 22.9 Å². The molecule has 0 aliphatic carbocycles. The molecular formula is C31H38F4N8O. The summed E-state index contributed by atoms with van der Waals surface area (Å²) in [6.07, 6.45) is 1.08. The number of halogens is 4. The van der Waals surface area contributed by atoms with Crippen molar-refractivity contribution in [2.75, 3.05) is 45.2 Å². The lowest BCUT2D eigenvalue weighted by Gasteiger charge is -2.41. The number of morpholine rings is 1. The molecule has 5 rings (SSSR count). The van der Waals surface area contributed by atoms with E-state index in [9.17, 15) is 13.2 Å². The number of hydrogen-bond donors (Lipinski definition) is 1. The van der Waals surface area contributed by atoms with Crippen LogP contribution in [0.3, 0.4) is 0 Å². The highest BCUT2D eigenvalue weighted by molar-refractivity contribution is 5.83. The summed E-state index contributed by atoms with van der Waals surface area (Å²) < 4.78 is 63.2. The van der Waals surface area contributed by atoms with Gasteiger partial charge in [-0.1, -0.05) is 6.07 Å². The molecule has 0 unspecified atom stereocenters. The van der Waals surface area contributed by atoms with Crippen molar-refractivity contribution in [3.63, 3.8) is 0 Å². The number of hydrogen-bond acceptors (Lipinski definition) is 8. The van der Waals surface area contributed by atoms with Crippen LogP contribution in [0.1, 0.15) is 44.6 Å². The van der Waals surface area contributed by atoms with E-state index in [1.807, 2.05) is 38.3 Å². The maximum Gasteiger partial charge on any atom is 0.251 e. The van der Waals surface area contributed by atoms with E-state index in [1.54, 1.807) is 30.3 Å². The monoisotopic (exact) mass is 614 g/mol. The SMILES string of the molecule is Cc1nc2c(F)cc(-c3nc(Nc4ccc(CN5CCO[C@](C)(CCN(C)CC(F)F)C5)cn4)ncc3F)cc2n1C(C)C. The van der Waals surface area contributed by atoms with Gasteiger partial charge in [-0.05, 0) is 64.9 Å². The number of nitrogens with one attached hydrogen (secondary N) is 1. The molecule has 0 spiro atoms. The molecule has 13 heteroatoms. The molecule has 4 aromatic rings. The zero-order chi connectivity index (χ0) is 31.6. The summed E-state index contributed by atoms with van der Waals surface area (Å²) in [6, 6.07) is 6.69. The van der Waals surface area contributed by atoms with Gasteiger partial charge >= 0.3 is 0 Å². The highest BCUT2D eigenvalue weighted by atomic mass is 19.3. The van der Waals surface area contributed by atoms with Crippen LogP contribution in [0.4, 0.5) is 29.3 Å². The average Bonchev–Trinajstić information content (AvgIpc) is 3.30. The molecule has 0 radical (unpaired) electrons. The van der Waals surface area contributed by atoms with E-state index in [0.29, 0.717) is 49.8 Å². The number of alkyl halides is 2. The first-order valence-corrected chi connectivity index (χ1v) is 14.7. The number of nitrogens with zero attached hydrogens (tertiary/aromatic N) is 7. The molecule has 1 saturated heterocycles. The highest BCUT2D eigenvalue weighted by Crippen LogP contribution is 2.30. The maximum absolute atomic E-state index is 15.0. The van der Waals surface area contributed by atoms with E-state index in [-0.39, 0.29) is 35.3 Å². The first kappa shape index (κ1) is 31.7. The second kappa shape index (κ2) is 13.1. The van der Waals surface area contributed by atoms with Crippen LogP contribution >= 0.6 is 0 Å². The van der Waals surface area contributed by atoms with Gasteiger partial charge in [-0.25, -0.2) is 37.5 Å². The Labute approximate surface area is 254 Å². The fourth-order valence-corrected chi connectivity index (χ4v) is 5.71. The molecule has 236 valence electrons. The van der Waals surface area contributed by atoms with E-state index in [2.05, 4.69) is 30.2 Å². The minimum absolute atomic E-state index is 0.0372. The zero-order valence-corrected chi connectivity index (χ0v) is 25.6. The van der Waals surface area contributed by atoms with Crippen molar-refractivity contribution in [2.45, 2.75) is 58.7 Å². The van der Waals surface area contributed by atoms with E-state index < -0.39 is 23.7 Å². The van der Waals surface area contributed by atoms with E-state index >= 15 is 4.39 Å². The van der Waals surface area contributed by atoms with Gasteiger partial charge in [-0.3, -0.25) is 4.90 Å². The molecule has 44 heavy (non-hydrogen) atoms. The Balaban J connectivity index is 1.26. The number of anilines is 2. The molecule has 1 N–H and O–H groups in total. The number of pyridine rings is 1. The maximum atomic E-state index is 15.0. The van der Waals surface area contributed by atoms with Crippen LogP contribution in [0, 0.1) is 18.6 Å². The lowest BCUT2D eigenvalue weighted by Crippen LogP contribution is -2.51. The number of rotatable bonds is 11. The Morgan fingerprint density at radius 2 is 1.89 bits per heavy atom. The lowest BCUT2D eigenvalue weighted by atomic mass is 9.99. The summed E-state index contributed by atoms with van der Waals surface area (Å²) in [6.45, 7) is 10.7. The number of fused-ring (bicyclic) bond motifs is 1. The predicted octanol–water partition coefficient (Wildman–Crippen LogP) is 5.98. The third-order valence-corrected chi connectivity index (χ3v) is 7.82. The molecule has 1 aliphatic rings. The van der Waals surface area contributed by atoms with Crippen molar-refractivity contribution in [1.29, 1.82) is 0 Å². The van der Waals surface area contributed by atoms with Crippen molar-refractivity contribution in [2.24, 2.45) is 0 Å². The van der Waals surface area contributed by atoms with E-state index in [4.69, 9.17) is 4.74 Å². The van der Waals surface area contributed by atoms with E-state index in [1.165, 1.54) is 6.07 Å². The Morgan fingerprint density at radius 1 is 1.09 bits per heavy atom. The van der Waals surface area contributed by atoms with Crippen LogP contribution in [-0.4, -0.2) is 86.2 Å². The minimum atomic E-state index is -2.36. The lowest BCUT2D eigenvalue weighted by molar-refractivity contribution is -0.107. The van der Waals surface area contributed by atoms with Gasteiger partial charge in [0.05, 0.1) is 30.5 Å². The van der Waals surface area contributed by atoms with Crippen LogP contribution < -0.4 is 5.32 Å². The topological polar surface area (TPSA) is 84.2 Å². The molecule has 4 heterocycles. The second-order valence-electron chi connectivity index (χ2n) is 11.9. The summed E-state index contributed by atoms with van der Waals surface area (Å²) in [5.74, 6) is 0.0310. The minimum Gasteiger partial charge on any atom is -0.373 e. The smallest absolute Gasteiger partial charge is 0.251 e. The molecule has 0 amide bonds. The van der Waals surface area contributed by atoms with Gasteiger partial charge in [-0.15, -0.1) is 0 Å². The molecule has 0 saturated carbocycles. The summed E-state index contributed by atoms with van der Waals surface area (Å²) >= 11 is 0. The fraction of sp³-hybridized carbons (Fsp3) is 0.484. The normalized spacial score (nSPS) is 17.8. The van der Waals surface area contributed by atoms with Crippen molar-refractivity contribution < 1.29 is 22.3 Å². The Bertz CT molecular complexity index is 1600. The number of imidazole rings is 1. The van der Waals surface area contributed by atoms with Gasteiger partial charge < -0.3 is 19.5 Å².